The molecule has 652 valence electrons. The maximum Gasteiger partial charge on any atom is 0.238 e. The molecule has 0 unspecified atom stereocenters. The van der Waals surface area contributed by atoms with Crippen molar-refractivity contribution in [1.82, 2.24) is 57.3 Å². The molecule has 0 saturated heterocycles. The van der Waals surface area contributed by atoms with Crippen molar-refractivity contribution in [2.24, 2.45) is 0 Å². The first-order valence-corrected chi connectivity index (χ1v) is 47.5. The Bertz CT molecular complexity index is 9870. The minimum absolute atomic E-state index is 0.554. The number of nitrogens with zero attached hydrogens (tertiary/aromatic N) is 12. The fourth-order valence-corrected chi connectivity index (χ4v) is 21.8. The normalized spacial score (nSPS) is 11.9. The molecule has 140 heavy (non-hydrogen) atoms. The van der Waals surface area contributed by atoms with E-state index in [1.807, 2.05) is 24.3 Å². The Labute approximate surface area is 803 Å². The summed E-state index contributed by atoms with van der Waals surface area (Å²) in [4.78, 5) is 32.0. The van der Waals surface area contributed by atoms with E-state index in [9.17, 15) is 0 Å². The number of benzene rings is 21. The van der Waals surface area contributed by atoms with Gasteiger partial charge in [0.05, 0.1) is 66.2 Å². The number of hydrogen-bond donors (Lipinski definition) is 0. The minimum Gasteiger partial charge on any atom is -0.309 e. The highest BCUT2D eigenvalue weighted by Crippen LogP contribution is 2.46. The summed E-state index contributed by atoms with van der Waals surface area (Å²) in [6.45, 7) is 0. The van der Waals surface area contributed by atoms with Gasteiger partial charge in [-0.1, -0.05) is 340 Å². The lowest BCUT2D eigenvalue weighted by Gasteiger charge is -2.13. The third-order valence-corrected chi connectivity index (χ3v) is 28.2. The Morgan fingerprint density at radius 1 is 0.121 bits per heavy atom. The fourth-order valence-electron chi connectivity index (χ4n) is 21.8. The van der Waals surface area contributed by atoms with Crippen LogP contribution in [0.4, 0.5) is 0 Å². The van der Waals surface area contributed by atoms with Crippen molar-refractivity contribution >= 4 is 152 Å². The molecule has 0 bridgehead atoms. The van der Waals surface area contributed by atoms with E-state index in [4.69, 9.17) is 29.9 Å². The van der Waals surface area contributed by atoms with E-state index in [1.165, 1.54) is 76.2 Å². The molecule has 0 aliphatic heterocycles. The van der Waals surface area contributed by atoms with Crippen LogP contribution in [-0.2, 0) is 0 Å². The van der Waals surface area contributed by atoms with Crippen LogP contribution in [0.25, 0.3) is 266 Å². The molecule has 0 radical (unpaired) electrons. The number of hydrogen-bond acceptors (Lipinski definition) is 6. The maximum atomic E-state index is 5.46. The van der Waals surface area contributed by atoms with E-state index in [0.717, 1.165) is 155 Å². The Hall–Kier alpha value is -19.0. The molecule has 8 heterocycles. The lowest BCUT2D eigenvalue weighted by atomic mass is 10.0. The molecule has 0 atom stereocenters. The lowest BCUT2D eigenvalue weighted by molar-refractivity contribution is 0.953. The van der Waals surface area contributed by atoms with E-state index in [0.29, 0.717) is 35.2 Å². The molecule has 0 N–H and O–H groups in total. The Morgan fingerprint density at radius 3 is 0.721 bits per heavy atom. The second-order valence-corrected chi connectivity index (χ2v) is 36.0. The van der Waals surface area contributed by atoms with E-state index in [2.05, 4.69) is 488 Å². The van der Waals surface area contributed by atoms with Gasteiger partial charge in [-0.05, 0) is 201 Å². The van der Waals surface area contributed by atoms with Gasteiger partial charge in [0.2, 0.25) is 11.9 Å². The summed E-state index contributed by atoms with van der Waals surface area (Å²) in [7, 11) is 0. The molecule has 0 amide bonds. The number of fused-ring (bicyclic) bond motifs is 20. The second kappa shape index (κ2) is 32.4. The molecule has 8 aromatic heterocycles. The summed E-state index contributed by atoms with van der Waals surface area (Å²) in [6, 6.07) is 173. The van der Waals surface area contributed by atoms with E-state index >= 15 is 0 Å². The molecule has 12 heteroatoms. The summed E-state index contributed by atoms with van der Waals surface area (Å²) in [5, 5.41) is 18.6. The van der Waals surface area contributed by atoms with E-state index in [1.54, 1.807) is 0 Å². The van der Waals surface area contributed by atoms with Gasteiger partial charge in [0, 0.05) is 110 Å². The summed E-state index contributed by atoms with van der Waals surface area (Å²) in [6.07, 6.45) is 0. The third-order valence-electron chi connectivity index (χ3n) is 28.2. The SMILES string of the molecule is c1ccc(-c2ccc(-c3nc(-c4ccccc4)nc(-n4c5ccc(-c6ccc7c(c6)c6ccccc6n7-c6ccccc6)cc5c5cc(-n6c7ccccc7c7ccccc76)ccc54)n3)cc2)cc1.c1ccc(-n2c3ccccc3c3cc(-c4ccc5c(c4)c4cc(-n6c7ccccc7c7ccccc76)ccc4n5-c4nc(-c5cccc6ccccc56)nc(-c5cccc6ccccc56)n4)ccc32)cc1. The van der Waals surface area contributed by atoms with Gasteiger partial charge in [0.15, 0.2) is 23.3 Å². The molecule has 0 aliphatic carbocycles. The van der Waals surface area contributed by atoms with Crippen molar-refractivity contribution in [3.8, 4) is 114 Å². The molecule has 29 aromatic rings. The van der Waals surface area contributed by atoms with Crippen molar-refractivity contribution < 1.29 is 0 Å². The van der Waals surface area contributed by atoms with Gasteiger partial charge in [0.1, 0.15) is 0 Å². The zero-order valence-corrected chi connectivity index (χ0v) is 75.6. The van der Waals surface area contributed by atoms with Crippen LogP contribution in [0, 0.1) is 0 Å². The first-order chi connectivity index (χ1) is 69.4. The quantitative estimate of drug-likeness (QED) is 0.114. The lowest BCUT2D eigenvalue weighted by Crippen LogP contribution is -2.07. The third kappa shape index (κ3) is 13.0. The zero-order valence-electron chi connectivity index (χ0n) is 75.6. The minimum atomic E-state index is 0.554. The van der Waals surface area contributed by atoms with Crippen molar-refractivity contribution in [3.63, 3.8) is 0 Å². The highest BCUT2D eigenvalue weighted by Gasteiger charge is 2.27. The molecule has 0 aliphatic rings. The Balaban J connectivity index is 0.000000137. The predicted octanol–water partition coefficient (Wildman–Crippen LogP) is 32.3. The number of aromatic nitrogens is 12. The molecule has 29 rings (SSSR count). The predicted molar refractivity (Wildman–Crippen MR) is 579 cm³/mol. The van der Waals surface area contributed by atoms with E-state index < -0.39 is 0 Å². The second-order valence-electron chi connectivity index (χ2n) is 36.0. The van der Waals surface area contributed by atoms with Crippen LogP contribution in [0.15, 0.2) is 485 Å². The van der Waals surface area contributed by atoms with Crippen molar-refractivity contribution in [1.29, 1.82) is 0 Å². The summed E-state index contributed by atoms with van der Waals surface area (Å²) in [5.41, 5.74) is 28.4. The van der Waals surface area contributed by atoms with Crippen molar-refractivity contribution in [2.75, 3.05) is 0 Å². The van der Waals surface area contributed by atoms with Crippen LogP contribution in [0.2, 0.25) is 0 Å². The van der Waals surface area contributed by atoms with Crippen LogP contribution < -0.4 is 0 Å². The summed E-state index contributed by atoms with van der Waals surface area (Å²) < 4.78 is 14.0. The Morgan fingerprint density at radius 2 is 0.350 bits per heavy atom. The zero-order chi connectivity index (χ0) is 92.0. The van der Waals surface area contributed by atoms with Gasteiger partial charge in [-0.2, -0.15) is 19.9 Å². The molecule has 0 spiro atoms. The van der Waals surface area contributed by atoms with Gasteiger partial charge in [-0.25, -0.2) is 9.97 Å². The number of rotatable bonds is 13. The molecule has 12 nitrogen and oxygen atoms in total. The first-order valence-electron chi connectivity index (χ1n) is 47.5. The van der Waals surface area contributed by atoms with E-state index in [-0.39, 0.29) is 0 Å². The summed E-state index contributed by atoms with van der Waals surface area (Å²) in [5.74, 6) is 3.56. The van der Waals surface area contributed by atoms with Crippen LogP contribution in [0.3, 0.4) is 0 Å². The first kappa shape index (κ1) is 79.5. The van der Waals surface area contributed by atoms with Crippen LogP contribution >= 0.6 is 0 Å². The van der Waals surface area contributed by atoms with Crippen molar-refractivity contribution in [3.05, 3.63) is 485 Å². The maximum absolute atomic E-state index is 5.46. The average Bonchev–Trinajstić information content (AvgIpc) is 1.58. The highest BCUT2D eigenvalue weighted by atomic mass is 15.2. The van der Waals surface area contributed by atoms with Gasteiger partial charge in [0.25, 0.3) is 0 Å². The summed E-state index contributed by atoms with van der Waals surface area (Å²) >= 11 is 0. The average molecular weight is 1790 g/mol. The largest absolute Gasteiger partial charge is 0.309 e. The van der Waals surface area contributed by atoms with Crippen LogP contribution in [0.1, 0.15) is 0 Å². The smallest absolute Gasteiger partial charge is 0.238 e. The van der Waals surface area contributed by atoms with Gasteiger partial charge in [-0.15, -0.1) is 0 Å². The standard InChI is InChI=1S/C65H40N6.C63H40N6/c1-2-20-45(21-3-1)69-59-31-13-10-26-51(59)54-38-43(32-35-60(54)69)44-33-36-61-55(39-44)56-40-46(70-57-29-11-8-24-49(57)50-25-9-12-30-58(50)70)34-37-62(56)71(61)65-67-63(52-27-14-18-41-16-4-6-22-47(41)52)66-64(68-65)53-28-15-19-42-17-5-7-23-48(42)53;1-4-16-41(17-5-1)42-28-30-44(31-29-42)62-64-61(43-18-6-2-7-19-43)65-63(66-62)69-59-36-33-46(45-32-35-58-52(38-45)51-24-12-15-27-57(51)67(58)47-20-8-3-9-21-47)39-53(59)54-40-48(34-37-60(54)69)68-55-25-13-10-22-49(55)50-23-11-14-26-56(50)68/h1-40H;1-40H. The van der Waals surface area contributed by atoms with Crippen LogP contribution in [0.5, 0.6) is 0 Å². The topological polar surface area (TPSA) is 107 Å². The fraction of sp³-hybridized carbons (Fsp3) is 0. The molecular weight excluding hydrogens is 1710 g/mol. The molecule has 21 aromatic carbocycles. The van der Waals surface area contributed by atoms with Gasteiger partial charge < -0.3 is 18.3 Å². The monoisotopic (exact) mass is 1780 g/mol. The molecule has 0 fully saturated rings. The number of para-hydroxylation sites is 8. The van der Waals surface area contributed by atoms with Gasteiger partial charge in [-0.3, -0.25) is 9.13 Å². The Kier molecular flexibility index (Phi) is 18.4. The molecule has 0 saturated carbocycles. The van der Waals surface area contributed by atoms with Gasteiger partial charge >= 0.3 is 0 Å². The highest BCUT2D eigenvalue weighted by molar-refractivity contribution is 6.18. The molecular formula is C128H80N12. The van der Waals surface area contributed by atoms with Crippen LogP contribution in [-0.4, -0.2) is 57.3 Å². The van der Waals surface area contributed by atoms with Crippen molar-refractivity contribution in [2.45, 2.75) is 0 Å².